The molecule has 2 heterocycles. The molecule has 176 valence electrons. The highest BCUT2D eigenvalue weighted by molar-refractivity contribution is 5.93. The minimum atomic E-state index is -4.52. The summed E-state index contributed by atoms with van der Waals surface area (Å²) >= 11 is 0. The van der Waals surface area contributed by atoms with Gasteiger partial charge < -0.3 is 15.1 Å². The third-order valence-corrected chi connectivity index (χ3v) is 4.75. The number of aromatic nitrogens is 2. The highest BCUT2D eigenvalue weighted by Crippen LogP contribution is 2.32. The van der Waals surface area contributed by atoms with Gasteiger partial charge in [-0.3, -0.25) is 9.69 Å². The summed E-state index contributed by atoms with van der Waals surface area (Å²) < 4.78 is 77.7. The van der Waals surface area contributed by atoms with E-state index in [-0.39, 0.29) is 30.6 Å². The van der Waals surface area contributed by atoms with Crippen LogP contribution in [0.2, 0.25) is 0 Å². The summed E-state index contributed by atoms with van der Waals surface area (Å²) in [4.78, 5) is 26.7. The number of Topliss-reactive ketones (excluding diaryl/α,β-unsaturated/α-hetero) is 1. The summed E-state index contributed by atoms with van der Waals surface area (Å²) in [5.74, 6) is -4.61. The van der Waals surface area contributed by atoms with E-state index in [2.05, 4.69) is 4.98 Å². The van der Waals surface area contributed by atoms with Crippen molar-refractivity contribution in [3.05, 3.63) is 52.4 Å². The van der Waals surface area contributed by atoms with E-state index in [0.717, 1.165) is 10.6 Å². The summed E-state index contributed by atoms with van der Waals surface area (Å²) in [5.41, 5.74) is 5.73. The van der Waals surface area contributed by atoms with Crippen molar-refractivity contribution in [1.82, 2.24) is 14.5 Å². The SMILES string of the molecule is CC(=O)c1nc(C(F)(F)F)n2c1CN(C)CC2.NC(CC=O)Cc1cc(F)c(F)cc1F. The Hall–Kier alpha value is -2.73. The Kier molecular flexibility index (Phi) is 8.18. The van der Waals surface area contributed by atoms with Gasteiger partial charge in [0.05, 0.1) is 5.69 Å². The largest absolute Gasteiger partial charge is 0.449 e. The number of carbonyl (C=O) groups is 2. The average Bonchev–Trinajstić information content (AvgIpc) is 3.06. The lowest BCUT2D eigenvalue weighted by Gasteiger charge is -2.25. The molecule has 0 amide bonds. The number of hydrogen-bond donors (Lipinski definition) is 1. The quantitative estimate of drug-likeness (QED) is 0.318. The highest BCUT2D eigenvalue weighted by Gasteiger charge is 2.40. The number of nitrogens with zero attached hydrogens (tertiary/aromatic N) is 3. The van der Waals surface area contributed by atoms with E-state index in [1.807, 2.05) is 4.90 Å². The maximum atomic E-state index is 13.1. The predicted molar refractivity (Wildman–Crippen MR) is 102 cm³/mol. The fraction of sp³-hybridized carbons (Fsp3) is 0.450. The number of alkyl halides is 3. The number of rotatable bonds is 5. The van der Waals surface area contributed by atoms with Gasteiger partial charge in [-0.15, -0.1) is 0 Å². The van der Waals surface area contributed by atoms with E-state index < -0.39 is 41.3 Å². The third kappa shape index (κ3) is 6.16. The fourth-order valence-corrected chi connectivity index (χ4v) is 3.20. The van der Waals surface area contributed by atoms with Gasteiger partial charge in [0.2, 0.25) is 5.82 Å². The van der Waals surface area contributed by atoms with Gasteiger partial charge in [0.15, 0.2) is 17.4 Å². The maximum Gasteiger partial charge on any atom is 0.449 e. The first-order valence-electron chi connectivity index (χ1n) is 9.53. The van der Waals surface area contributed by atoms with Crippen molar-refractivity contribution in [2.75, 3.05) is 13.6 Å². The van der Waals surface area contributed by atoms with Crippen LogP contribution in [0, 0.1) is 17.5 Å². The first kappa shape index (κ1) is 25.5. The minimum Gasteiger partial charge on any atom is -0.327 e. The number of benzene rings is 1. The Labute approximate surface area is 180 Å². The summed E-state index contributed by atoms with van der Waals surface area (Å²) in [6.07, 6.45) is -3.86. The average molecular weight is 464 g/mol. The monoisotopic (exact) mass is 464 g/mol. The lowest BCUT2D eigenvalue weighted by atomic mass is 10.0. The Bertz CT molecular complexity index is 989. The number of halogens is 6. The lowest BCUT2D eigenvalue weighted by Crippen LogP contribution is -2.32. The molecule has 32 heavy (non-hydrogen) atoms. The van der Waals surface area contributed by atoms with Gasteiger partial charge in [0.25, 0.3) is 0 Å². The highest BCUT2D eigenvalue weighted by atomic mass is 19.4. The van der Waals surface area contributed by atoms with E-state index in [4.69, 9.17) is 5.73 Å². The van der Waals surface area contributed by atoms with E-state index in [1.54, 1.807) is 7.05 Å². The van der Waals surface area contributed by atoms with Crippen LogP contribution in [0.5, 0.6) is 0 Å². The first-order chi connectivity index (χ1) is 14.8. The topological polar surface area (TPSA) is 81.2 Å². The molecule has 0 aliphatic carbocycles. The molecule has 1 aliphatic heterocycles. The smallest absolute Gasteiger partial charge is 0.327 e. The summed E-state index contributed by atoms with van der Waals surface area (Å²) in [6, 6.07) is 0.648. The number of carbonyl (C=O) groups excluding carboxylic acids is 2. The standard InChI is InChI=1S/C10H12F3N3O.C10H10F3NO/c1-6(17)8-7-5-15(2)3-4-16(7)9(14-8)10(11,12)13;11-8-5-10(13)9(12)4-6(8)3-7(14)1-2-15/h3-5H2,1-2H3;2,4-5,7H,1,3,14H2. The molecule has 1 aromatic carbocycles. The van der Waals surface area contributed by atoms with E-state index in [1.165, 1.54) is 6.92 Å². The molecule has 3 rings (SSSR count). The zero-order valence-corrected chi connectivity index (χ0v) is 17.3. The van der Waals surface area contributed by atoms with Crippen LogP contribution in [-0.4, -0.2) is 46.2 Å². The van der Waals surface area contributed by atoms with Crippen molar-refractivity contribution in [2.24, 2.45) is 5.73 Å². The Morgan fingerprint density at radius 2 is 1.81 bits per heavy atom. The van der Waals surface area contributed by atoms with E-state index >= 15 is 0 Å². The second-order valence-electron chi connectivity index (χ2n) is 7.40. The van der Waals surface area contributed by atoms with Crippen LogP contribution in [0.25, 0.3) is 0 Å². The Morgan fingerprint density at radius 1 is 1.19 bits per heavy atom. The van der Waals surface area contributed by atoms with Gasteiger partial charge in [-0.1, -0.05) is 0 Å². The lowest BCUT2D eigenvalue weighted by molar-refractivity contribution is -0.147. The normalized spacial score (nSPS) is 14.9. The van der Waals surface area contributed by atoms with Gasteiger partial charge >= 0.3 is 6.18 Å². The van der Waals surface area contributed by atoms with Crippen LogP contribution < -0.4 is 5.73 Å². The summed E-state index contributed by atoms with van der Waals surface area (Å²) in [7, 11) is 1.80. The summed E-state index contributed by atoms with van der Waals surface area (Å²) in [6.45, 7) is 2.28. The van der Waals surface area contributed by atoms with Crippen LogP contribution in [0.15, 0.2) is 12.1 Å². The second kappa shape index (κ2) is 10.3. The van der Waals surface area contributed by atoms with Crippen molar-refractivity contribution in [1.29, 1.82) is 0 Å². The molecular formula is C20H22F6N4O2. The predicted octanol–water partition coefficient (Wildman–Crippen LogP) is 3.11. The van der Waals surface area contributed by atoms with Crippen LogP contribution in [-0.2, 0) is 30.5 Å². The summed E-state index contributed by atoms with van der Waals surface area (Å²) in [5, 5.41) is 0. The van der Waals surface area contributed by atoms with Crippen LogP contribution in [0.1, 0.15) is 40.9 Å². The number of fused-ring (bicyclic) bond motifs is 1. The van der Waals surface area contributed by atoms with Gasteiger partial charge in [0.1, 0.15) is 17.8 Å². The molecule has 2 aromatic rings. The van der Waals surface area contributed by atoms with Crippen molar-refractivity contribution in [2.45, 2.75) is 45.1 Å². The minimum absolute atomic E-state index is 0.00176. The van der Waals surface area contributed by atoms with E-state index in [9.17, 15) is 35.9 Å². The van der Waals surface area contributed by atoms with Crippen molar-refractivity contribution >= 4 is 12.1 Å². The fourth-order valence-electron chi connectivity index (χ4n) is 3.20. The van der Waals surface area contributed by atoms with Gasteiger partial charge in [-0.05, 0) is 25.1 Å². The van der Waals surface area contributed by atoms with Crippen molar-refractivity contribution in [3.63, 3.8) is 0 Å². The molecule has 0 radical (unpaired) electrons. The molecule has 1 unspecified atom stereocenters. The second-order valence-corrected chi connectivity index (χ2v) is 7.40. The molecule has 0 saturated heterocycles. The number of aldehydes is 1. The van der Waals surface area contributed by atoms with Crippen molar-refractivity contribution < 1.29 is 35.9 Å². The maximum absolute atomic E-state index is 13.1. The zero-order valence-electron chi connectivity index (χ0n) is 17.3. The number of imidazole rings is 1. The number of ketones is 1. The molecule has 0 saturated carbocycles. The molecule has 1 aliphatic rings. The number of nitrogens with two attached hydrogens (primary N) is 1. The molecule has 0 fully saturated rings. The molecule has 0 spiro atoms. The molecule has 6 nitrogen and oxygen atoms in total. The van der Waals surface area contributed by atoms with Gasteiger partial charge in [-0.25, -0.2) is 18.2 Å². The molecular weight excluding hydrogens is 442 g/mol. The molecule has 12 heteroatoms. The molecule has 1 atom stereocenters. The van der Waals surface area contributed by atoms with Crippen molar-refractivity contribution in [3.8, 4) is 0 Å². The zero-order chi connectivity index (χ0) is 24.2. The third-order valence-electron chi connectivity index (χ3n) is 4.75. The molecule has 2 N–H and O–H groups in total. The van der Waals surface area contributed by atoms with Crippen LogP contribution in [0.4, 0.5) is 26.3 Å². The number of hydrogen-bond acceptors (Lipinski definition) is 5. The van der Waals surface area contributed by atoms with Gasteiger partial charge in [-0.2, -0.15) is 13.2 Å². The Balaban J connectivity index is 0.000000229. The van der Waals surface area contributed by atoms with Gasteiger partial charge in [0, 0.05) is 45.1 Å². The molecule has 1 aromatic heterocycles. The van der Waals surface area contributed by atoms with E-state index in [0.29, 0.717) is 31.1 Å². The number of likely N-dealkylation sites (N-methyl/N-ethyl adjacent to an activating group) is 1. The first-order valence-corrected chi connectivity index (χ1v) is 9.53. The van der Waals surface area contributed by atoms with Crippen LogP contribution in [0.3, 0.4) is 0 Å². The molecule has 0 bridgehead atoms. The van der Waals surface area contributed by atoms with Crippen LogP contribution >= 0.6 is 0 Å². The Morgan fingerprint density at radius 3 is 2.38 bits per heavy atom.